The quantitative estimate of drug-likeness (QED) is 0.793. The van der Waals surface area contributed by atoms with Gasteiger partial charge < -0.3 is 15.7 Å². The summed E-state index contributed by atoms with van der Waals surface area (Å²) in [6.07, 6.45) is 3.14. The molecule has 0 spiro atoms. The van der Waals surface area contributed by atoms with Gasteiger partial charge in [-0.15, -0.1) is 0 Å². The van der Waals surface area contributed by atoms with Crippen LogP contribution in [-0.4, -0.2) is 23.7 Å². The van der Waals surface area contributed by atoms with E-state index in [1.807, 2.05) is 24.3 Å². The van der Waals surface area contributed by atoms with Crippen LogP contribution >= 0.6 is 15.9 Å². The molecule has 2 amide bonds. The third-order valence-corrected chi connectivity index (χ3v) is 2.23. The van der Waals surface area contributed by atoms with Gasteiger partial charge in [-0.05, 0) is 23.8 Å². The number of carbonyl (C=O) groups is 2. The number of halogens is 1. The molecule has 0 aliphatic rings. The number of rotatable bonds is 4. The van der Waals surface area contributed by atoms with E-state index in [9.17, 15) is 9.59 Å². The van der Waals surface area contributed by atoms with Crippen LogP contribution in [0.1, 0.15) is 5.56 Å². The molecule has 5 nitrogen and oxygen atoms in total. The number of carboxylic acid groups (broad SMARTS) is 1. The Bertz CT molecular complexity index is 446. The lowest BCUT2D eigenvalue weighted by molar-refractivity contribution is -0.135. The van der Waals surface area contributed by atoms with Crippen LogP contribution in [0, 0.1) is 0 Å². The molecule has 90 valence electrons. The number of hydrogen-bond donors (Lipinski definition) is 3. The zero-order chi connectivity index (χ0) is 12.7. The fraction of sp³-hybridized carbons (Fsp3) is 0.0909. The second kappa shape index (κ2) is 6.70. The van der Waals surface area contributed by atoms with E-state index in [1.54, 1.807) is 6.08 Å². The van der Waals surface area contributed by atoms with Crippen molar-refractivity contribution in [2.75, 3.05) is 6.54 Å². The zero-order valence-corrected chi connectivity index (χ0v) is 10.4. The minimum absolute atomic E-state index is 0.406. The topological polar surface area (TPSA) is 78.4 Å². The standard InChI is InChI=1S/C11H11BrN2O3/c12-9-3-1-2-8(6-9)4-5-13-11(17)14-7-10(15)16/h1-6H,7H2,(H,15,16)(H2,13,14,17)/b5-4+. The Morgan fingerprint density at radius 3 is 2.82 bits per heavy atom. The van der Waals surface area contributed by atoms with Crippen molar-refractivity contribution in [3.63, 3.8) is 0 Å². The monoisotopic (exact) mass is 298 g/mol. The normalized spacial score (nSPS) is 10.2. The van der Waals surface area contributed by atoms with Crippen LogP contribution in [0.3, 0.4) is 0 Å². The van der Waals surface area contributed by atoms with Crippen LogP contribution in [0.2, 0.25) is 0 Å². The molecule has 0 fully saturated rings. The molecule has 3 N–H and O–H groups in total. The Morgan fingerprint density at radius 1 is 1.41 bits per heavy atom. The second-order valence-corrected chi connectivity index (χ2v) is 4.02. The highest BCUT2D eigenvalue weighted by atomic mass is 79.9. The van der Waals surface area contributed by atoms with Crippen molar-refractivity contribution in [1.82, 2.24) is 10.6 Å². The second-order valence-electron chi connectivity index (χ2n) is 3.11. The first kappa shape index (κ1) is 13.2. The number of carbonyl (C=O) groups excluding carboxylic acids is 1. The highest BCUT2D eigenvalue weighted by molar-refractivity contribution is 9.10. The molecule has 0 saturated carbocycles. The van der Waals surface area contributed by atoms with Gasteiger partial charge in [0.2, 0.25) is 0 Å². The molecule has 1 rings (SSSR count). The van der Waals surface area contributed by atoms with Crippen LogP contribution in [0.4, 0.5) is 4.79 Å². The maximum atomic E-state index is 11.1. The third-order valence-electron chi connectivity index (χ3n) is 1.74. The van der Waals surface area contributed by atoms with Gasteiger partial charge in [0.25, 0.3) is 0 Å². The molecule has 6 heteroatoms. The highest BCUT2D eigenvalue weighted by Gasteiger charge is 1.99. The lowest BCUT2D eigenvalue weighted by Crippen LogP contribution is -2.35. The molecule has 0 unspecified atom stereocenters. The average Bonchev–Trinajstić information content (AvgIpc) is 2.26. The summed E-state index contributed by atoms with van der Waals surface area (Å²) < 4.78 is 0.940. The maximum absolute atomic E-state index is 11.1. The largest absolute Gasteiger partial charge is 0.480 e. The minimum Gasteiger partial charge on any atom is -0.480 e. The van der Waals surface area contributed by atoms with Gasteiger partial charge in [-0.25, -0.2) is 4.79 Å². The SMILES string of the molecule is O=C(O)CNC(=O)N/C=C/c1cccc(Br)c1. The van der Waals surface area contributed by atoms with E-state index in [-0.39, 0.29) is 0 Å². The molecule has 0 bridgehead atoms. The van der Waals surface area contributed by atoms with Gasteiger partial charge in [-0.2, -0.15) is 0 Å². The number of amides is 2. The van der Waals surface area contributed by atoms with Crippen molar-refractivity contribution in [3.8, 4) is 0 Å². The van der Waals surface area contributed by atoms with Crippen molar-refractivity contribution < 1.29 is 14.7 Å². The summed E-state index contributed by atoms with van der Waals surface area (Å²) in [6, 6.07) is 6.96. The summed E-state index contributed by atoms with van der Waals surface area (Å²) in [4.78, 5) is 21.2. The summed E-state index contributed by atoms with van der Waals surface area (Å²) in [5, 5.41) is 12.9. The minimum atomic E-state index is -1.09. The van der Waals surface area contributed by atoms with Crippen LogP contribution in [0.5, 0.6) is 0 Å². The molecule has 0 aliphatic heterocycles. The first-order valence-electron chi connectivity index (χ1n) is 4.76. The van der Waals surface area contributed by atoms with E-state index in [0.29, 0.717) is 0 Å². The first-order valence-corrected chi connectivity index (χ1v) is 5.55. The smallest absolute Gasteiger partial charge is 0.323 e. The van der Waals surface area contributed by atoms with E-state index in [4.69, 9.17) is 5.11 Å². The third kappa shape index (κ3) is 5.72. The fourth-order valence-corrected chi connectivity index (χ4v) is 1.45. The van der Waals surface area contributed by atoms with Crippen molar-refractivity contribution in [2.45, 2.75) is 0 Å². The van der Waals surface area contributed by atoms with Gasteiger partial charge in [-0.1, -0.05) is 28.1 Å². The lowest BCUT2D eigenvalue weighted by Gasteiger charge is -2.00. The molecule has 0 aromatic heterocycles. The Labute approximate surface area is 107 Å². The van der Waals surface area contributed by atoms with Crippen LogP contribution in [0.15, 0.2) is 34.9 Å². The zero-order valence-electron chi connectivity index (χ0n) is 8.81. The van der Waals surface area contributed by atoms with Gasteiger partial charge in [-0.3, -0.25) is 4.79 Å². The highest BCUT2D eigenvalue weighted by Crippen LogP contribution is 2.12. The molecule has 1 aromatic carbocycles. The summed E-state index contributed by atoms with van der Waals surface area (Å²) in [6.45, 7) is -0.406. The number of aliphatic carboxylic acids is 1. The lowest BCUT2D eigenvalue weighted by atomic mass is 10.2. The van der Waals surface area contributed by atoms with Crippen LogP contribution < -0.4 is 10.6 Å². The Balaban J connectivity index is 2.40. The Hall–Kier alpha value is -1.82. The molecule has 0 heterocycles. The van der Waals surface area contributed by atoms with Gasteiger partial charge in [0.1, 0.15) is 6.54 Å². The summed E-state index contributed by atoms with van der Waals surface area (Å²) in [7, 11) is 0. The molecule has 0 saturated heterocycles. The van der Waals surface area contributed by atoms with E-state index >= 15 is 0 Å². The predicted molar refractivity (Wildman–Crippen MR) is 67.3 cm³/mol. The fourth-order valence-electron chi connectivity index (χ4n) is 1.03. The summed E-state index contributed by atoms with van der Waals surface area (Å²) in [5.41, 5.74) is 0.915. The number of carboxylic acids is 1. The number of urea groups is 1. The van der Waals surface area contributed by atoms with Crippen molar-refractivity contribution >= 4 is 34.0 Å². The van der Waals surface area contributed by atoms with Crippen molar-refractivity contribution in [2.24, 2.45) is 0 Å². The molecule has 17 heavy (non-hydrogen) atoms. The first-order chi connectivity index (χ1) is 8.08. The van der Waals surface area contributed by atoms with Gasteiger partial charge in [0.15, 0.2) is 0 Å². The van der Waals surface area contributed by atoms with Crippen molar-refractivity contribution in [3.05, 3.63) is 40.5 Å². The number of benzene rings is 1. The van der Waals surface area contributed by atoms with Crippen LogP contribution in [0.25, 0.3) is 6.08 Å². The predicted octanol–water partition coefficient (Wildman–Crippen LogP) is 1.80. The number of nitrogens with one attached hydrogen (secondary N) is 2. The van der Waals surface area contributed by atoms with E-state index in [0.717, 1.165) is 10.0 Å². The van der Waals surface area contributed by atoms with Gasteiger partial charge >= 0.3 is 12.0 Å². The summed E-state index contributed by atoms with van der Waals surface area (Å²) >= 11 is 3.32. The molecule has 1 aromatic rings. The molecule has 0 radical (unpaired) electrons. The van der Waals surface area contributed by atoms with E-state index in [1.165, 1.54) is 6.20 Å². The van der Waals surface area contributed by atoms with Gasteiger partial charge in [0.05, 0.1) is 0 Å². The van der Waals surface area contributed by atoms with Gasteiger partial charge in [0, 0.05) is 10.7 Å². The molecule has 0 atom stereocenters. The van der Waals surface area contributed by atoms with E-state index in [2.05, 4.69) is 26.6 Å². The van der Waals surface area contributed by atoms with Crippen LogP contribution in [-0.2, 0) is 4.79 Å². The average molecular weight is 299 g/mol. The molecular weight excluding hydrogens is 288 g/mol. The number of hydrogen-bond acceptors (Lipinski definition) is 2. The summed E-state index contributed by atoms with van der Waals surface area (Å²) in [5.74, 6) is -1.09. The molecular formula is C11H11BrN2O3. The van der Waals surface area contributed by atoms with E-state index < -0.39 is 18.5 Å². The van der Waals surface area contributed by atoms with Crippen molar-refractivity contribution in [1.29, 1.82) is 0 Å². The molecule has 0 aliphatic carbocycles. The maximum Gasteiger partial charge on any atom is 0.323 e. The Kier molecular flexibility index (Phi) is 5.22. The Morgan fingerprint density at radius 2 is 2.18 bits per heavy atom.